The van der Waals surface area contributed by atoms with Gasteiger partial charge in [-0.1, -0.05) is 12.5 Å². The smallest absolute Gasteiger partial charge is 0.225 e. The zero-order valence-electron chi connectivity index (χ0n) is 11.6. The summed E-state index contributed by atoms with van der Waals surface area (Å²) in [5.74, 6) is 1.35. The molecule has 1 unspecified atom stereocenters. The van der Waals surface area contributed by atoms with Crippen molar-refractivity contribution in [2.24, 2.45) is 11.8 Å². The molecule has 102 valence electrons. The molecule has 3 rings (SSSR count). The van der Waals surface area contributed by atoms with Crippen LogP contribution in [0.25, 0.3) is 0 Å². The van der Waals surface area contributed by atoms with Gasteiger partial charge in [-0.2, -0.15) is 0 Å². The van der Waals surface area contributed by atoms with Crippen molar-refractivity contribution in [2.75, 3.05) is 13.1 Å². The number of hydrogen-bond acceptors (Lipinski definition) is 2. The fourth-order valence-electron chi connectivity index (χ4n) is 3.03. The van der Waals surface area contributed by atoms with Gasteiger partial charge in [0.2, 0.25) is 5.91 Å². The van der Waals surface area contributed by atoms with Crippen molar-refractivity contribution >= 4 is 5.91 Å². The standard InChI is InChI=1S/C16H22N2O/c1-12-5-6-15(17-10-12)9-13-7-8-18(11-13)16(19)14-3-2-4-14/h5-6,10,13-14H,2-4,7-9,11H2,1H3. The summed E-state index contributed by atoms with van der Waals surface area (Å²) < 4.78 is 0. The van der Waals surface area contributed by atoms with E-state index in [1.165, 1.54) is 12.0 Å². The van der Waals surface area contributed by atoms with Gasteiger partial charge < -0.3 is 4.90 Å². The number of hydrogen-bond donors (Lipinski definition) is 0. The molecule has 3 nitrogen and oxygen atoms in total. The molecule has 0 radical (unpaired) electrons. The van der Waals surface area contributed by atoms with E-state index in [9.17, 15) is 4.79 Å². The Labute approximate surface area is 115 Å². The van der Waals surface area contributed by atoms with Crippen molar-refractivity contribution in [1.82, 2.24) is 9.88 Å². The first kappa shape index (κ1) is 12.6. The van der Waals surface area contributed by atoms with Crippen LogP contribution < -0.4 is 0 Å². The van der Waals surface area contributed by atoms with Crippen molar-refractivity contribution in [2.45, 2.75) is 39.0 Å². The van der Waals surface area contributed by atoms with Crippen LogP contribution in [0.2, 0.25) is 0 Å². The lowest BCUT2D eigenvalue weighted by atomic mass is 9.84. The molecule has 1 atom stereocenters. The Morgan fingerprint density at radius 1 is 1.37 bits per heavy atom. The quantitative estimate of drug-likeness (QED) is 0.835. The topological polar surface area (TPSA) is 33.2 Å². The van der Waals surface area contributed by atoms with Crippen LogP contribution >= 0.6 is 0 Å². The Balaban J connectivity index is 1.54. The number of nitrogens with zero attached hydrogens (tertiary/aromatic N) is 2. The van der Waals surface area contributed by atoms with Gasteiger partial charge in [0.05, 0.1) is 0 Å². The fraction of sp³-hybridized carbons (Fsp3) is 0.625. The average Bonchev–Trinajstić information content (AvgIpc) is 2.78. The molecule has 1 aromatic rings. The number of likely N-dealkylation sites (tertiary alicyclic amines) is 1. The molecule has 1 aliphatic carbocycles. The third-order valence-corrected chi connectivity index (χ3v) is 4.52. The average molecular weight is 258 g/mol. The SMILES string of the molecule is Cc1ccc(CC2CCN(C(=O)C3CCC3)C2)nc1. The highest BCUT2D eigenvalue weighted by atomic mass is 16.2. The maximum absolute atomic E-state index is 12.2. The van der Waals surface area contributed by atoms with E-state index in [0.29, 0.717) is 17.7 Å². The normalized spacial score (nSPS) is 23.4. The molecule has 0 N–H and O–H groups in total. The molecule has 0 aromatic carbocycles. The maximum Gasteiger partial charge on any atom is 0.225 e. The van der Waals surface area contributed by atoms with Gasteiger partial charge in [-0.15, -0.1) is 0 Å². The number of amides is 1. The van der Waals surface area contributed by atoms with Crippen molar-refractivity contribution in [3.8, 4) is 0 Å². The Bertz CT molecular complexity index is 450. The Morgan fingerprint density at radius 2 is 2.21 bits per heavy atom. The monoisotopic (exact) mass is 258 g/mol. The van der Waals surface area contributed by atoms with E-state index in [4.69, 9.17) is 0 Å². The predicted molar refractivity (Wildman–Crippen MR) is 74.7 cm³/mol. The van der Waals surface area contributed by atoms with Gasteiger partial charge in [-0.05, 0) is 50.2 Å². The summed E-state index contributed by atoms with van der Waals surface area (Å²) in [6.45, 7) is 3.95. The summed E-state index contributed by atoms with van der Waals surface area (Å²) in [4.78, 5) is 18.7. The minimum atomic E-state index is 0.344. The molecule has 1 aromatic heterocycles. The molecule has 1 amide bonds. The molecule has 2 heterocycles. The number of aryl methyl sites for hydroxylation is 1. The number of aromatic nitrogens is 1. The van der Waals surface area contributed by atoms with Gasteiger partial charge in [0, 0.05) is 30.9 Å². The highest BCUT2D eigenvalue weighted by molar-refractivity contribution is 5.79. The number of rotatable bonds is 3. The molecular formula is C16H22N2O. The van der Waals surface area contributed by atoms with Crippen LogP contribution in [0.3, 0.4) is 0 Å². The van der Waals surface area contributed by atoms with Crippen molar-refractivity contribution < 1.29 is 4.79 Å². The van der Waals surface area contributed by atoms with Crippen LogP contribution in [0.4, 0.5) is 0 Å². The zero-order chi connectivity index (χ0) is 13.2. The Hall–Kier alpha value is -1.38. The summed E-state index contributed by atoms with van der Waals surface area (Å²) in [6, 6.07) is 4.24. The molecular weight excluding hydrogens is 236 g/mol. The van der Waals surface area contributed by atoms with Gasteiger partial charge in [0.15, 0.2) is 0 Å². The lowest BCUT2D eigenvalue weighted by Crippen LogP contribution is -2.37. The second-order valence-electron chi connectivity index (χ2n) is 6.10. The number of carbonyl (C=O) groups excluding carboxylic acids is 1. The fourth-order valence-corrected chi connectivity index (χ4v) is 3.03. The van der Waals surface area contributed by atoms with E-state index >= 15 is 0 Å². The number of carbonyl (C=O) groups is 1. The third-order valence-electron chi connectivity index (χ3n) is 4.52. The molecule has 1 saturated carbocycles. The van der Waals surface area contributed by atoms with Crippen LogP contribution in [0.5, 0.6) is 0 Å². The maximum atomic E-state index is 12.2. The van der Waals surface area contributed by atoms with Gasteiger partial charge >= 0.3 is 0 Å². The number of pyridine rings is 1. The molecule has 0 spiro atoms. The first-order valence-corrected chi connectivity index (χ1v) is 7.42. The molecule has 1 aliphatic heterocycles. The molecule has 2 aliphatic rings. The lowest BCUT2D eigenvalue weighted by molar-refractivity contribution is -0.137. The van der Waals surface area contributed by atoms with Crippen molar-refractivity contribution in [1.29, 1.82) is 0 Å². The summed E-state index contributed by atoms with van der Waals surface area (Å²) in [5, 5.41) is 0. The van der Waals surface area contributed by atoms with Gasteiger partial charge in [0.25, 0.3) is 0 Å². The summed E-state index contributed by atoms with van der Waals surface area (Å²) >= 11 is 0. The van der Waals surface area contributed by atoms with Crippen LogP contribution in [-0.2, 0) is 11.2 Å². The van der Waals surface area contributed by atoms with E-state index in [1.54, 1.807) is 0 Å². The van der Waals surface area contributed by atoms with Gasteiger partial charge in [0.1, 0.15) is 0 Å². The lowest BCUT2D eigenvalue weighted by Gasteiger charge is -2.29. The molecule has 3 heteroatoms. The van der Waals surface area contributed by atoms with E-state index in [-0.39, 0.29) is 0 Å². The summed E-state index contributed by atoms with van der Waals surface area (Å²) in [7, 11) is 0. The van der Waals surface area contributed by atoms with Crippen LogP contribution in [0.15, 0.2) is 18.3 Å². The van der Waals surface area contributed by atoms with Crippen molar-refractivity contribution in [3.63, 3.8) is 0 Å². The van der Waals surface area contributed by atoms with Crippen LogP contribution in [0.1, 0.15) is 36.9 Å². The van der Waals surface area contributed by atoms with Crippen LogP contribution in [0, 0.1) is 18.8 Å². The third kappa shape index (κ3) is 2.80. The largest absolute Gasteiger partial charge is 0.342 e. The van der Waals surface area contributed by atoms with E-state index in [1.807, 2.05) is 6.20 Å². The highest BCUT2D eigenvalue weighted by Crippen LogP contribution is 2.30. The van der Waals surface area contributed by atoms with Gasteiger partial charge in [-0.3, -0.25) is 9.78 Å². The predicted octanol–water partition coefficient (Wildman–Crippen LogP) is 2.58. The summed E-state index contributed by atoms with van der Waals surface area (Å²) in [6.07, 6.45) is 7.53. The molecule has 2 fully saturated rings. The minimum Gasteiger partial charge on any atom is -0.342 e. The first-order valence-electron chi connectivity index (χ1n) is 7.42. The summed E-state index contributed by atoms with van der Waals surface area (Å²) in [5.41, 5.74) is 2.37. The van der Waals surface area contributed by atoms with E-state index in [2.05, 4.69) is 28.9 Å². The van der Waals surface area contributed by atoms with Gasteiger partial charge in [-0.25, -0.2) is 0 Å². The molecule has 19 heavy (non-hydrogen) atoms. The van der Waals surface area contributed by atoms with Crippen molar-refractivity contribution in [3.05, 3.63) is 29.6 Å². The van der Waals surface area contributed by atoms with E-state index in [0.717, 1.165) is 44.5 Å². The zero-order valence-corrected chi connectivity index (χ0v) is 11.6. The molecule has 1 saturated heterocycles. The van der Waals surface area contributed by atoms with Crippen LogP contribution in [-0.4, -0.2) is 28.9 Å². The molecule has 0 bridgehead atoms. The second kappa shape index (κ2) is 5.32. The Kier molecular flexibility index (Phi) is 3.54. The Morgan fingerprint density at radius 3 is 2.84 bits per heavy atom. The first-order chi connectivity index (χ1) is 9.22. The highest BCUT2D eigenvalue weighted by Gasteiger charge is 2.33. The van der Waals surface area contributed by atoms with E-state index < -0.39 is 0 Å². The second-order valence-corrected chi connectivity index (χ2v) is 6.10. The minimum absolute atomic E-state index is 0.344.